The van der Waals surface area contributed by atoms with Gasteiger partial charge in [0, 0.05) is 12.1 Å². The Hall–Kier alpha value is -0.860. The molecule has 2 atom stereocenters. The van der Waals surface area contributed by atoms with Crippen molar-refractivity contribution in [2.45, 2.75) is 25.9 Å². The van der Waals surface area contributed by atoms with Crippen LogP contribution < -0.4 is 11.1 Å². The first-order chi connectivity index (χ1) is 6.16. The van der Waals surface area contributed by atoms with Crippen molar-refractivity contribution in [1.82, 2.24) is 5.32 Å². The lowest BCUT2D eigenvalue weighted by Crippen LogP contribution is -2.17. The first-order valence-electron chi connectivity index (χ1n) is 4.68. The summed E-state index contributed by atoms with van der Waals surface area (Å²) in [4.78, 5) is 0. The minimum atomic E-state index is 0.104. The summed E-state index contributed by atoms with van der Waals surface area (Å²) >= 11 is 0. The van der Waals surface area contributed by atoms with Crippen LogP contribution in [0, 0.1) is 0 Å². The molecule has 0 spiro atoms. The molecule has 0 amide bonds. The third-order valence-corrected chi connectivity index (χ3v) is 2.39. The largest absolute Gasteiger partial charge is 0.324 e. The van der Waals surface area contributed by atoms with Gasteiger partial charge in [0.25, 0.3) is 0 Å². The molecule has 2 heteroatoms. The Morgan fingerprint density at radius 2 is 1.69 bits per heavy atom. The monoisotopic (exact) mass is 178 g/mol. The summed E-state index contributed by atoms with van der Waals surface area (Å²) in [7, 11) is 1.96. The van der Waals surface area contributed by atoms with E-state index in [2.05, 4.69) is 30.4 Å². The van der Waals surface area contributed by atoms with Crippen LogP contribution in [0.25, 0.3) is 0 Å². The van der Waals surface area contributed by atoms with E-state index in [1.54, 1.807) is 0 Å². The SMILES string of the molecule is CNC(C)c1ccccc1C(C)N. The zero-order chi connectivity index (χ0) is 9.84. The molecule has 13 heavy (non-hydrogen) atoms. The van der Waals surface area contributed by atoms with Crippen LogP contribution in [-0.4, -0.2) is 7.05 Å². The molecule has 0 aromatic heterocycles. The van der Waals surface area contributed by atoms with Crippen molar-refractivity contribution in [3.63, 3.8) is 0 Å². The number of nitrogens with two attached hydrogens (primary N) is 1. The van der Waals surface area contributed by atoms with E-state index in [1.165, 1.54) is 11.1 Å². The van der Waals surface area contributed by atoms with Gasteiger partial charge < -0.3 is 11.1 Å². The molecule has 0 radical (unpaired) electrons. The van der Waals surface area contributed by atoms with E-state index in [9.17, 15) is 0 Å². The highest BCUT2D eigenvalue weighted by molar-refractivity contribution is 5.31. The molecule has 1 aromatic carbocycles. The van der Waals surface area contributed by atoms with Crippen molar-refractivity contribution in [1.29, 1.82) is 0 Å². The standard InChI is InChI=1S/C11H18N2/c1-8(12)10-6-4-5-7-11(10)9(2)13-3/h4-9,13H,12H2,1-3H3. The average molecular weight is 178 g/mol. The van der Waals surface area contributed by atoms with Gasteiger partial charge in [0.2, 0.25) is 0 Å². The number of rotatable bonds is 3. The predicted octanol–water partition coefficient (Wildman–Crippen LogP) is 1.99. The molecule has 2 unspecified atom stereocenters. The lowest BCUT2D eigenvalue weighted by atomic mass is 9.97. The molecule has 1 aromatic rings. The van der Waals surface area contributed by atoms with E-state index in [4.69, 9.17) is 5.73 Å². The van der Waals surface area contributed by atoms with Crippen LogP contribution in [0.5, 0.6) is 0 Å². The maximum atomic E-state index is 5.88. The van der Waals surface area contributed by atoms with E-state index in [0.717, 1.165) is 0 Å². The Labute approximate surface area is 80.1 Å². The van der Waals surface area contributed by atoms with Gasteiger partial charge in [-0.15, -0.1) is 0 Å². The topological polar surface area (TPSA) is 38.0 Å². The van der Waals surface area contributed by atoms with Crippen LogP contribution in [0.15, 0.2) is 24.3 Å². The third kappa shape index (κ3) is 2.29. The van der Waals surface area contributed by atoms with E-state index in [0.29, 0.717) is 6.04 Å². The maximum Gasteiger partial charge on any atom is 0.0292 e. The molecule has 0 fully saturated rings. The summed E-state index contributed by atoms with van der Waals surface area (Å²) in [6.07, 6.45) is 0. The molecule has 0 aliphatic carbocycles. The van der Waals surface area contributed by atoms with E-state index >= 15 is 0 Å². The second-order valence-corrected chi connectivity index (χ2v) is 3.43. The molecule has 1 rings (SSSR count). The van der Waals surface area contributed by atoms with Crippen LogP contribution in [0.2, 0.25) is 0 Å². The van der Waals surface area contributed by atoms with Gasteiger partial charge in [-0.3, -0.25) is 0 Å². The van der Waals surface area contributed by atoms with E-state index < -0.39 is 0 Å². The lowest BCUT2D eigenvalue weighted by Gasteiger charge is -2.17. The molecular formula is C11H18N2. The Balaban J connectivity index is 3.04. The number of nitrogens with one attached hydrogen (secondary N) is 1. The van der Waals surface area contributed by atoms with Crippen molar-refractivity contribution in [3.05, 3.63) is 35.4 Å². The van der Waals surface area contributed by atoms with Gasteiger partial charge in [0.05, 0.1) is 0 Å². The van der Waals surface area contributed by atoms with Gasteiger partial charge in [-0.05, 0) is 32.0 Å². The Bertz CT molecular complexity index is 269. The van der Waals surface area contributed by atoms with Crippen molar-refractivity contribution >= 4 is 0 Å². The molecule has 3 N–H and O–H groups in total. The fraction of sp³-hybridized carbons (Fsp3) is 0.455. The van der Waals surface area contributed by atoms with Gasteiger partial charge in [-0.2, -0.15) is 0 Å². The summed E-state index contributed by atoms with van der Waals surface area (Å²) in [5.74, 6) is 0. The first kappa shape index (κ1) is 10.2. The van der Waals surface area contributed by atoms with Crippen molar-refractivity contribution in [2.24, 2.45) is 5.73 Å². The zero-order valence-electron chi connectivity index (χ0n) is 8.54. The average Bonchev–Trinajstić information content (AvgIpc) is 2.16. The van der Waals surface area contributed by atoms with Crippen molar-refractivity contribution in [3.8, 4) is 0 Å². The number of hydrogen-bond acceptors (Lipinski definition) is 2. The van der Waals surface area contributed by atoms with Crippen molar-refractivity contribution < 1.29 is 0 Å². The van der Waals surface area contributed by atoms with Gasteiger partial charge in [-0.25, -0.2) is 0 Å². The summed E-state index contributed by atoms with van der Waals surface area (Å²) < 4.78 is 0. The van der Waals surface area contributed by atoms with Gasteiger partial charge in [0.15, 0.2) is 0 Å². The molecule has 0 saturated carbocycles. The van der Waals surface area contributed by atoms with Gasteiger partial charge in [0.1, 0.15) is 0 Å². The number of hydrogen-bond donors (Lipinski definition) is 2. The highest BCUT2D eigenvalue weighted by Crippen LogP contribution is 2.21. The van der Waals surface area contributed by atoms with E-state index in [-0.39, 0.29) is 6.04 Å². The molecule has 2 nitrogen and oxygen atoms in total. The lowest BCUT2D eigenvalue weighted by molar-refractivity contribution is 0.635. The highest BCUT2D eigenvalue weighted by atomic mass is 14.9. The normalized spacial score (nSPS) is 15.4. The van der Waals surface area contributed by atoms with Crippen LogP contribution >= 0.6 is 0 Å². The molecule has 72 valence electrons. The maximum absolute atomic E-state index is 5.88. The molecule has 0 aliphatic rings. The highest BCUT2D eigenvalue weighted by Gasteiger charge is 2.10. The minimum Gasteiger partial charge on any atom is -0.324 e. The zero-order valence-corrected chi connectivity index (χ0v) is 8.54. The molecule has 0 heterocycles. The van der Waals surface area contributed by atoms with Gasteiger partial charge >= 0.3 is 0 Å². The molecule has 0 bridgehead atoms. The smallest absolute Gasteiger partial charge is 0.0292 e. The van der Waals surface area contributed by atoms with Crippen LogP contribution in [-0.2, 0) is 0 Å². The summed E-state index contributed by atoms with van der Waals surface area (Å²) in [6.45, 7) is 4.16. The second kappa shape index (κ2) is 4.40. The minimum absolute atomic E-state index is 0.104. The molecule has 0 saturated heterocycles. The van der Waals surface area contributed by atoms with E-state index in [1.807, 2.05) is 20.0 Å². The quantitative estimate of drug-likeness (QED) is 0.742. The Morgan fingerprint density at radius 1 is 1.15 bits per heavy atom. The summed E-state index contributed by atoms with van der Waals surface area (Å²) in [5.41, 5.74) is 8.40. The fourth-order valence-corrected chi connectivity index (χ4v) is 1.48. The van der Waals surface area contributed by atoms with Crippen LogP contribution in [0.3, 0.4) is 0 Å². The summed E-state index contributed by atoms with van der Waals surface area (Å²) in [6, 6.07) is 8.77. The second-order valence-electron chi connectivity index (χ2n) is 3.43. The fourth-order valence-electron chi connectivity index (χ4n) is 1.48. The third-order valence-electron chi connectivity index (χ3n) is 2.39. The predicted molar refractivity (Wildman–Crippen MR) is 56.5 cm³/mol. The van der Waals surface area contributed by atoms with Crippen molar-refractivity contribution in [2.75, 3.05) is 7.05 Å². The van der Waals surface area contributed by atoms with Gasteiger partial charge in [-0.1, -0.05) is 24.3 Å². The Kier molecular flexibility index (Phi) is 3.46. The molecule has 0 aliphatic heterocycles. The first-order valence-corrected chi connectivity index (χ1v) is 4.68. The molecular weight excluding hydrogens is 160 g/mol. The Morgan fingerprint density at radius 3 is 2.15 bits per heavy atom. The van der Waals surface area contributed by atoms with Crippen LogP contribution in [0.1, 0.15) is 37.1 Å². The number of benzene rings is 1. The van der Waals surface area contributed by atoms with Crippen LogP contribution in [0.4, 0.5) is 0 Å². The summed E-state index contributed by atoms with van der Waals surface area (Å²) in [5, 5.41) is 3.22.